The minimum Gasteiger partial charge on any atom is -0.494 e. The lowest BCUT2D eigenvalue weighted by Gasteiger charge is -2.22. The summed E-state index contributed by atoms with van der Waals surface area (Å²) in [6, 6.07) is 5.39. The van der Waals surface area contributed by atoms with Crippen molar-refractivity contribution in [1.29, 1.82) is 0 Å². The van der Waals surface area contributed by atoms with Crippen LogP contribution in [0.15, 0.2) is 30.6 Å². The second kappa shape index (κ2) is 11.6. The Kier molecular flexibility index (Phi) is 8.79. The molecule has 0 bridgehead atoms. The molecule has 0 unspecified atom stereocenters. The number of sulfone groups is 1. The highest BCUT2D eigenvalue weighted by atomic mass is 32.2. The van der Waals surface area contributed by atoms with Gasteiger partial charge in [-0.3, -0.25) is 4.57 Å². The van der Waals surface area contributed by atoms with Crippen LogP contribution < -0.4 is 9.47 Å². The Morgan fingerprint density at radius 2 is 1.60 bits per heavy atom. The van der Waals surface area contributed by atoms with Crippen LogP contribution in [0.4, 0.5) is 0 Å². The first-order valence-corrected chi connectivity index (χ1v) is 13.2. The summed E-state index contributed by atoms with van der Waals surface area (Å²) in [7, 11) is 0.786. The van der Waals surface area contributed by atoms with Crippen molar-refractivity contribution in [2.45, 2.75) is 57.1 Å². The zero-order valence-electron chi connectivity index (χ0n) is 21.1. The van der Waals surface area contributed by atoms with Gasteiger partial charge in [-0.05, 0) is 38.0 Å². The molecule has 0 saturated carbocycles. The number of unbranched alkanes of at least 4 members (excludes halogenated alkanes) is 1. The van der Waals surface area contributed by atoms with Crippen molar-refractivity contribution in [2.24, 2.45) is 0 Å². The van der Waals surface area contributed by atoms with Crippen LogP contribution in [0.5, 0.6) is 11.5 Å². The van der Waals surface area contributed by atoms with Crippen LogP contribution in [0.1, 0.15) is 55.8 Å². The average molecular weight is 504 g/mol. The fraction of sp³-hybridized carbons (Fsp3) is 0.500. The summed E-state index contributed by atoms with van der Waals surface area (Å²) >= 11 is 0. The minimum atomic E-state index is -3.77. The van der Waals surface area contributed by atoms with Crippen molar-refractivity contribution >= 4 is 9.84 Å². The molecule has 0 fully saturated rings. The molecule has 0 spiro atoms. The predicted molar refractivity (Wildman–Crippen MR) is 132 cm³/mol. The lowest BCUT2D eigenvalue weighted by atomic mass is 10.2. The van der Waals surface area contributed by atoms with Crippen LogP contribution >= 0.6 is 0 Å². The molecule has 3 rings (SSSR count). The molecule has 0 aliphatic rings. The summed E-state index contributed by atoms with van der Waals surface area (Å²) in [5.41, 5.74) is 1.44. The number of methoxy groups -OCH3 is 3. The van der Waals surface area contributed by atoms with E-state index in [9.17, 15) is 8.42 Å². The van der Waals surface area contributed by atoms with Gasteiger partial charge in [0.25, 0.3) is 0 Å². The molecule has 10 nitrogen and oxygen atoms in total. The van der Waals surface area contributed by atoms with Crippen molar-refractivity contribution in [3.8, 4) is 17.2 Å². The first kappa shape index (κ1) is 26.6. The maximum atomic E-state index is 13.6. The van der Waals surface area contributed by atoms with Gasteiger partial charge in [0.15, 0.2) is 21.5 Å². The molecule has 11 heteroatoms. The molecule has 190 valence electrons. The van der Waals surface area contributed by atoms with E-state index in [2.05, 4.69) is 27.1 Å². The number of hydrogen-bond donors (Lipinski definition) is 0. The van der Waals surface area contributed by atoms with Gasteiger partial charge >= 0.3 is 0 Å². The molecule has 0 N–H and O–H groups in total. The van der Waals surface area contributed by atoms with Crippen LogP contribution in [0.3, 0.4) is 0 Å². The predicted octanol–water partition coefficient (Wildman–Crippen LogP) is 3.42. The van der Waals surface area contributed by atoms with Crippen LogP contribution in [0.25, 0.3) is 5.69 Å². The van der Waals surface area contributed by atoms with E-state index in [4.69, 9.17) is 14.2 Å². The van der Waals surface area contributed by atoms with Gasteiger partial charge in [0.1, 0.15) is 34.9 Å². The molecule has 0 amide bonds. The minimum absolute atomic E-state index is 0.269. The van der Waals surface area contributed by atoms with E-state index in [1.165, 1.54) is 7.11 Å². The van der Waals surface area contributed by atoms with Crippen LogP contribution in [-0.2, 0) is 26.7 Å². The van der Waals surface area contributed by atoms with Crippen LogP contribution in [0, 0.1) is 6.92 Å². The maximum Gasteiger partial charge on any atom is 0.163 e. The Morgan fingerprint density at radius 3 is 2.14 bits per heavy atom. The molecule has 0 aliphatic carbocycles. The summed E-state index contributed by atoms with van der Waals surface area (Å²) in [6.45, 7) is 5.53. The van der Waals surface area contributed by atoms with Gasteiger partial charge in [-0.25, -0.2) is 18.4 Å². The average Bonchev–Trinajstić information content (AvgIpc) is 3.24. The number of aromatic nitrogens is 5. The molecule has 35 heavy (non-hydrogen) atoms. The molecule has 2 heterocycles. The first-order chi connectivity index (χ1) is 16.8. The van der Waals surface area contributed by atoms with Crippen molar-refractivity contribution < 1.29 is 22.6 Å². The van der Waals surface area contributed by atoms with Gasteiger partial charge in [0.05, 0.1) is 19.5 Å². The highest BCUT2D eigenvalue weighted by molar-refractivity contribution is 7.91. The molecule has 0 saturated heterocycles. The molecule has 2 aromatic heterocycles. The normalized spacial score (nSPS) is 13.4. The van der Waals surface area contributed by atoms with E-state index >= 15 is 0 Å². The van der Waals surface area contributed by atoms with Crippen molar-refractivity contribution in [2.75, 3.05) is 21.3 Å². The first-order valence-electron chi connectivity index (χ1n) is 11.4. The SMILES string of the molecule is CCCCc1nnc(CS(=O)(=O)[C@@H](C)[C@H](OC)c2ncc(C)cn2)n1-c1c(OC)cccc1OC. The number of nitrogens with zero attached hydrogens (tertiary/aromatic N) is 5. The highest BCUT2D eigenvalue weighted by Gasteiger charge is 2.35. The molecular formula is C24H33N5O5S. The largest absolute Gasteiger partial charge is 0.494 e. The number of para-hydroxylation sites is 1. The molecule has 1 aromatic carbocycles. The second-order valence-corrected chi connectivity index (χ2v) is 10.6. The summed E-state index contributed by atoms with van der Waals surface area (Å²) in [5, 5.41) is 7.69. The third-order valence-corrected chi connectivity index (χ3v) is 7.85. The monoisotopic (exact) mass is 503 g/mol. The van der Waals surface area contributed by atoms with Gasteiger partial charge in [-0.15, -0.1) is 10.2 Å². The Morgan fingerprint density at radius 1 is 1.00 bits per heavy atom. The van der Waals surface area contributed by atoms with E-state index in [-0.39, 0.29) is 11.6 Å². The number of ether oxygens (including phenoxy) is 3. The fourth-order valence-corrected chi connectivity index (χ4v) is 5.23. The van der Waals surface area contributed by atoms with Crippen molar-refractivity contribution in [1.82, 2.24) is 24.7 Å². The third kappa shape index (κ3) is 5.79. The van der Waals surface area contributed by atoms with Crippen LogP contribution in [0.2, 0.25) is 0 Å². The second-order valence-electron chi connectivity index (χ2n) is 8.27. The van der Waals surface area contributed by atoms with Crippen molar-refractivity contribution in [3.63, 3.8) is 0 Å². The van der Waals surface area contributed by atoms with Gasteiger partial charge in [0, 0.05) is 25.9 Å². The lowest BCUT2D eigenvalue weighted by molar-refractivity contribution is 0.0947. The summed E-state index contributed by atoms with van der Waals surface area (Å²) in [6.07, 6.45) is 4.88. The van der Waals surface area contributed by atoms with E-state index in [1.54, 1.807) is 56.3 Å². The number of hydrogen-bond acceptors (Lipinski definition) is 9. The van der Waals surface area contributed by atoms with E-state index in [1.807, 2.05) is 6.92 Å². The Bertz CT molecular complexity index is 1210. The zero-order chi connectivity index (χ0) is 25.6. The Hall–Kier alpha value is -3.05. The van der Waals surface area contributed by atoms with Gasteiger partial charge in [0.2, 0.25) is 0 Å². The van der Waals surface area contributed by atoms with Gasteiger partial charge in [-0.2, -0.15) is 0 Å². The molecular weight excluding hydrogens is 470 g/mol. The van der Waals surface area contributed by atoms with Gasteiger partial charge < -0.3 is 14.2 Å². The molecule has 0 aliphatic heterocycles. The Balaban J connectivity index is 2.06. The number of aryl methyl sites for hydroxylation is 2. The van der Waals surface area contributed by atoms with E-state index in [0.717, 1.165) is 18.4 Å². The number of benzene rings is 1. The summed E-state index contributed by atoms with van der Waals surface area (Å²) < 4.78 is 45.6. The standard InChI is InChI=1S/C24H33N5O5S/c1-7-8-12-20-27-28-21(29(20)22-18(32-4)10-9-11-19(22)33-5)15-35(30,31)17(3)23(34-6)24-25-13-16(2)14-26-24/h9-11,13-14,17,23H,7-8,12,15H2,1-6H3/t17-,23-/m0/s1. The topological polar surface area (TPSA) is 118 Å². The quantitative estimate of drug-likeness (QED) is 0.366. The summed E-state index contributed by atoms with van der Waals surface area (Å²) in [5.74, 6) is 1.90. The maximum absolute atomic E-state index is 13.6. The van der Waals surface area contributed by atoms with Crippen LogP contribution in [-0.4, -0.2) is 59.7 Å². The third-order valence-electron chi connectivity index (χ3n) is 5.81. The molecule has 0 radical (unpaired) electrons. The van der Waals surface area contributed by atoms with E-state index < -0.39 is 21.2 Å². The number of rotatable bonds is 12. The Labute approximate surface area is 206 Å². The van der Waals surface area contributed by atoms with E-state index in [0.29, 0.717) is 35.3 Å². The smallest absolute Gasteiger partial charge is 0.163 e. The molecule has 3 aromatic rings. The van der Waals surface area contributed by atoms with Crippen molar-refractivity contribution in [3.05, 3.63) is 53.6 Å². The zero-order valence-corrected chi connectivity index (χ0v) is 21.9. The fourth-order valence-electron chi connectivity index (χ4n) is 3.81. The van der Waals surface area contributed by atoms with Gasteiger partial charge in [-0.1, -0.05) is 19.4 Å². The molecule has 2 atom stereocenters. The summed E-state index contributed by atoms with van der Waals surface area (Å²) in [4.78, 5) is 8.55. The lowest BCUT2D eigenvalue weighted by Crippen LogP contribution is -2.30. The highest BCUT2D eigenvalue weighted by Crippen LogP contribution is 2.35.